The van der Waals surface area contributed by atoms with E-state index >= 15 is 0 Å². The smallest absolute Gasteiger partial charge is 0.298 e. The van der Waals surface area contributed by atoms with Crippen LogP contribution in [0.3, 0.4) is 0 Å². The molecule has 114 valence electrons. The van der Waals surface area contributed by atoms with Gasteiger partial charge in [0.15, 0.2) is 5.58 Å². The minimum atomic E-state index is -0.824. The van der Waals surface area contributed by atoms with Crippen molar-refractivity contribution in [2.75, 3.05) is 23.7 Å². The van der Waals surface area contributed by atoms with Gasteiger partial charge in [-0.25, -0.2) is 4.39 Å². The van der Waals surface area contributed by atoms with E-state index in [9.17, 15) is 8.60 Å². The molecular formula is C15H19FN2O2S. The van der Waals surface area contributed by atoms with Crippen molar-refractivity contribution in [3.05, 3.63) is 24.0 Å². The molecule has 21 heavy (non-hydrogen) atoms. The third kappa shape index (κ3) is 2.46. The standard InChI is InChI=1S/C15H19FN2O2S/c1-3-15(4-2)10-18(7-8-21(15)19)14-17-12-9-11(16)5-6-13(12)20-14/h5-6,9H,3-4,7-8,10H2,1-2H3. The molecule has 0 bridgehead atoms. The normalized spacial score (nSPS) is 21.9. The summed E-state index contributed by atoms with van der Waals surface area (Å²) in [6.45, 7) is 5.48. The van der Waals surface area contributed by atoms with Crippen LogP contribution >= 0.6 is 0 Å². The molecule has 0 aliphatic carbocycles. The molecule has 0 amide bonds. The maximum Gasteiger partial charge on any atom is 0.298 e. The molecular weight excluding hydrogens is 291 g/mol. The zero-order chi connectivity index (χ0) is 15.0. The molecule has 3 rings (SSSR count). The van der Waals surface area contributed by atoms with Crippen molar-refractivity contribution < 1.29 is 13.0 Å². The highest BCUT2D eigenvalue weighted by Gasteiger charge is 2.40. The predicted molar refractivity (Wildman–Crippen MR) is 82.5 cm³/mol. The third-order valence-electron chi connectivity index (χ3n) is 4.41. The molecule has 1 atom stereocenters. The first-order valence-corrected chi connectivity index (χ1v) is 8.59. The molecule has 1 aromatic heterocycles. The maximum absolute atomic E-state index is 13.2. The van der Waals surface area contributed by atoms with Crippen LogP contribution in [0.2, 0.25) is 0 Å². The van der Waals surface area contributed by atoms with Gasteiger partial charge in [-0.3, -0.25) is 4.21 Å². The van der Waals surface area contributed by atoms with Gasteiger partial charge < -0.3 is 9.32 Å². The van der Waals surface area contributed by atoms with E-state index in [-0.39, 0.29) is 10.6 Å². The van der Waals surface area contributed by atoms with Gasteiger partial charge in [-0.05, 0) is 25.0 Å². The number of hydrogen-bond acceptors (Lipinski definition) is 4. The van der Waals surface area contributed by atoms with Gasteiger partial charge in [-0.1, -0.05) is 13.8 Å². The Morgan fingerprint density at radius 3 is 2.90 bits per heavy atom. The van der Waals surface area contributed by atoms with E-state index in [0.29, 0.717) is 36.0 Å². The van der Waals surface area contributed by atoms with Crippen LogP contribution in [0.5, 0.6) is 0 Å². The minimum Gasteiger partial charge on any atom is -0.423 e. The van der Waals surface area contributed by atoms with Gasteiger partial charge in [0.1, 0.15) is 11.3 Å². The highest BCUT2D eigenvalue weighted by molar-refractivity contribution is 7.86. The lowest BCUT2D eigenvalue weighted by atomic mass is 10.0. The fourth-order valence-corrected chi connectivity index (χ4v) is 4.65. The van der Waals surface area contributed by atoms with E-state index in [4.69, 9.17) is 4.42 Å². The van der Waals surface area contributed by atoms with Gasteiger partial charge in [0.2, 0.25) is 0 Å². The van der Waals surface area contributed by atoms with Gasteiger partial charge in [-0.2, -0.15) is 4.98 Å². The maximum atomic E-state index is 13.2. The molecule has 0 N–H and O–H groups in total. The molecule has 0 saturated carbocycles. The Hall–Kier alpha value is -1.43. The largest absolute Gasteiger partial charge is 0.423 e. The van der Waals surface area contributed by atoms with Crippen molar-refractivity contribution in [2.24, 2.45) is 0 Å². The zero-order valence-electron chi connectivity index (χ0n) is 12.3. The quantitative estimate of drug-likeness (QED) is 0.874. The van der Waals surface area contributed by atoms with Crippen molar-refractivity contribution in [2.45, 2.75) is 31.4 Å². The number of anilines is 1. The Morgan fingerprint density at radius 2 is 2.19 bits per heavy atom. The highest BCUT2D eigenvalue weighted by Crippen LogP contribution is 2.32. The molecule has 1 fully saturated rings. The van der Waals surface area contributed by atoms with Crippen LogP contribution in [0.1, 0.15) is 26.7 Å². The van der Waals surface area contributed by atoms with Crippen molar-refractivity contribution in [3.63, 3.8) is 0 Å². The van der Waals surface area contributed by atoms with E-state index in [2.05, 4.69) is 18.8 Å². The summed E-state index contributed by atoms with van der Waals surface area (Å²) < 4.78 is 31.1. The first-order chi connectivity index (χ1) is 10.1. The second-order valence-corrected chi connectivity index (χ2v) is 7.44. The SMILES string of the molecule is CCC1(CC)CN(c2nc3cc(F)ccc3o2)CCS1=O. The monoisotopic (exact) mass is 310 g/mol. The first-order valence-electron chi connectivity index (χ1n) is 7.27. The lowest BCUT2D eigenvalue weighted by molar-refractivity contribution is 0.470. The summed E-state index contributed by atoms with van der Waals surface area (Å²) in [6, 6.07) is 4.83. The van der Waals surface area contributed by atoms with Gasteiger partial charge in [-0.15, -0.1) is 0 Å². The van der Waals surface area contributed by atoms with Crippen LogP contribution in [0.25, 0.3) is 11.1 Å². The van der Waals surface area contributed by atoms with Gasteiger partial charge >= 0.3 is 0 Å². The Bertz CT molecular complexity index is 681. The Balaban J connectivity index is 1.93. The molecule has 4 nitrogen and oxygen atoms in total. The Kier molecular flexibility index (Phi) is 3.73. The summed E-state index contributed by atoms with van der Waals surface area (Å²) in [6.07, 6.45) is 1.73. The molecule has 2 aromatic rings. The summed E-state index contributed by atoms with van der Waals surface area (Å²) in [5.74, 6) is 0.299. The molecule has 6 heteroatoms. The van der Waals surface area contributed by atoms with Crippen molar-refractivity contribution >= 4 is 27.9 Å². The lowest BCUT2D eigenvalue weighted by Crippen LogP contribution is -2.53. The van der Waals surface area contributed by atoms with Gasteiger partial charge in [0.25, 0.3) is 6.01 Å². The fourth-order valence-electron chi connectivity index (χ4n) is 2.89. The van der Waals surface area contributed by atoms with Crippen molar-refractivity contribution in [1.82, 2.24) is 4.98 Å². The number of hydrogen-bond donors (Lipinski definition) is 0. The number of nitrogens with zero attached hydrogens (tertiary/aromatic N) is 2. The Labute approximate surface area is 125 Å². The third-order valence-corrected chi connectivity index (χ3v) is 6.63. The van der Waals surface area contributed by atoms with Crippen molar-refractivity contribution in [1.29, 1.82) is 0 Å². The molecule has 1 unspecified atom stereocenters. The summed E-state index contributed by atoms with van der Waals surface area (Å²) in [5, 5.41) is 0. The molecule has 1 aliphatic heterocycles. The summed E-state index contributed by atoms with van der Waals surface area (Å²) in [7, 11) is -0.824. The number of rotatable bonds is 3. The van der Waals surface area contributed by atoms with E-state index in [1.807, 2.05) is 4.90 Å². The highest BCUT2D eigenvalue weighted by atomic mass is 32.2. The summed E-state index contributed by atoms with van der Waals surface area (Å²) in [5.41, 5.74) is 1.10. The second-order valence-electron chi connectivity index (χ2n) is 5.47. The van der Waals surface area contributed by atoms with E-state index < -0.39 is 10.8 Å². The van der Waals surface area contributed by atoms with E-state index in [1.165, 1.54) is 12.1 Å². The molecule has 1 aliphatic rings. The van der Waals surface area contributed by atoms with Crippen LogP contribution in [-0.2, 0) is 10.8 Å². The van der Waals surface area contributed by atoms with Crippen LogP contribution in [-0.4, -0.2) is 32.8 Å². The fraction of sp³-hybridized carbons (Fsp3) is 0.533. The lowest BCUT2D eigenvalue weighted by Gasteiger charge is -2.40. The number of aromatic nitrogens is 1. The van der Waals surface area contributed by atoms with Crippen LogP contribution < -0.4 is 4.90 Å². The van der Waals surface area contributed by atoms with E-state index in [0.717, 1.165) is 12.8 Å². The topological polar surface area (TPSA) is 46.3 Å². The molecule has 0 spiro atoms. The second kappa shape index (κ2) is 5.40. The van der Waals surface area contributed by atoms with Gasteiger partial charge in [0.05, 0.1) is 4.75 Å². The van der Waals surface area contributed by atoms with Gasteiger partial charge in [0, 0.05) is 35.7 Å². The zero-order valence-corrected chi connectivity index (χ0v) is 13.1. The minimum absolute atomic E-state index is 0.204. The van der Waals surface area contributed by atoms with Crippen LogP contribution in [0, 0.1) is 5.82 Å². The number of oxazole rings is 1. The summed E-state index contributed by atoms with van der Waals surface area (Å²) in [4.78, 5) is 6.41. The summed E-state index contributed by atoms with van der Waals surface area (Å²) >= 11 is 0. The van der Waals surface area contributed by atoms with Crippen LogP contribution in [0.4, 0.5) is 10.4 Å². The van der Waals surface area contributed by atoms with Crippen LogP contribution in [0.15, 0.2) is 22.6 Å². The predicted octanol–water partition coefficient (Wildman–Crippen LogP) is 3.09. The average molecular weight is 310 g/mol. The molecule has 1 saturated heterocycles. The first kappa shape index (κ1) is 14.5. The number of halogens is 1. The Morgan fingerprint density at radius 1 is 1.43 bits per heavy atom. The average Bonchev–Trinajstić information content (AvgIpc) is 2.91. The van der Waals surface area contributed by atoms with Crippen molar-refractivity contribution in [3.8, 4) is 0 Å². The number of fused-ring (bicyclic) bond motifs is 1. The number of benzene rings is 1. The molecule has 1 aromatic carbocycles. The molecule has 0 radical (unpaired) electrons. The molecule has 2 heterocycles. The van der Waals surface area contributed by atoms with E-state index in [1.54, 1.807) is 6.07 Å².